The summed E-state index contributed by atoms with van der Waals surface area (Å²) in [7, 11) is -9.37. The number of alkyl halides is 21. The van der Waals surface area contributed by atoms with Gasteiger partial charge < -0.3 is 10.2 Å². The Bertz CT molecular complexity index is 943. The van der Waals surface area contributed by atoms with Gasteiger partial charge in [0.1, 0.15) is 0 Å². The van der Waals surface area contributed by atoms with Crippen LogP contribution in [0.25, 0.3) is 0 Å². The molecular weight excluding hydrogens is 629 g/mol. The lowest BCUT2D eigenvalue weighted by atomic mass is 9.91. The van der Waals surface area contributed by atoms with Crippen LogP contribution in [0.5, 0.6) is 0 Å². The molecule has 0 atom stereocenters. The average Bonchev–Trinajstić information content (AvgIpc) is 2.56. The molecule has 0 aromatic heterocycles. The Balaban J connectivity index is 7.33. The van der Waals surface area contributed by atoms with Crippen LogP contribution in [0.2, 0.25) is 0 Å². The summed E-state index contributed by atoms with van der Waals surface area (Å²) in [5.41, 5.74) is 0. The van der Waals surface area contributed by atoms with Crippen LogP contribution in [0.3, 0.4) is 0 Å². The fraction of sp³-hybridized carbons (Fsp3) is 1.00. The molecule has 0 amide bonds. The topological polar surface area (TPSA) is 77.8 Å². The van der Waals surface area contributed by atoms with E-state index in [1.54, 1.807) is 0 Å². The van der Waals surface area contributed by atoms with Gasteiger partial charge in [-0.2, -0.15) is 92.2 Å². The van der Waals surface area contributed by atoms with E-state index in [1.807, 2.05) is 0 Å². The predicted octanol–water partition coefficient (Wildman–Crippen LogP) is 4.67. The summed E-state index contributed by atoms with van der Waals surface area (Å²) in [5, 5.41) is 6.73. The predicted molar refractivity (Wildman–Crippen MR) is 65.8 cm³/mol. The molecule has 0 radical (unpaired) electrons. The van der Waals surface area contributed by atoms with Crippen molar-refractivity contribution in [3.63, 3.8) is 0 Å². The smallest absolute Gasteiger partial charge is 0.322 e. The van der Waals surface area contributed by atoms with E-state index >= 15 is 0 Å². The molecule has 0 aromatic rings. The van der Waals surface area contributed by atoms with Crippen LogP contribution < -0.4 is 0 Å². The van der Waals surface area contributed by atoms with Crippen molar-refractivity contribution in [2.45, 2.75) is 59.4 Å². The lowest BCUT2D eigenvalue weighted by Crippen LogP contribution is -2.76. The zero-order valence-corrected chi connectivity index (χ0v) is 16.3. The van der Waals surface area contributed by atoms with Gasteiger partial charge >= 0.3 is 69.5 Å². The molecule has 224 valence electrons. The first-order valence-corrected chi connectivity index (χ1v) is 8.77. The Hall–Kier alpha value is -1.64. The number of hydrogen-bond acceptors (Lipinski definition) is 4. The van der Waals surface area contributed by atoms with E-state index in [9.17, 15) is 101 Å². The summed E-state index contributed by atoms with van der Waals surface area (Å²) >= 11 is 0. The second kappa shape index (κ2) is 8.43. The summed E-state index contributed by atoms with van der Waals surface area (Å²) in [6.45, 7) is 0. The largest absolute Gasteiger partial charge is 0.460 e. The maximum absolute atomic E-state index is 13.6. The van der Waals surface area contributed by atoms with Gasteiger partial charge in [0.05, 0.1) is 0 Å². The van der Waals surface area contributed by atoms with E-state index in [0.717, 1.165) is 0 Å². The van der Waals surface area contributed by atoms with Gasteiger partial charge in [0.2, 0.25) is 0 Å². The Morgan fingerprint density at radius 1 is 0.405 bits per heavy atom. The Labute approximate surface area is 186 Å². The third-order valence-electron chi connectivity index (χ3n) is 3.75. The molecule has 0 bridgehead atoms. The third-order valence-corrected chi connectivity index (χ3v) is 5.57. The highest BCUT2D eigenvalue weighted by atomic mass is 32.2. The number of aliphatic hydroxyl groups is 2. The molecule has 0 aromatic carbocycles. The summed E-state index contributed by atoms with van der Waals surface area (Å²) in [6.07, 6.45) is -22.7. The molecule has 0 unspecified atom stereocenters. The Morgan fingerprint density at radius 2 is 0.622 bits per heavy atom. The Kier molecular flexibility index (Phi) is 8.05. The van der Waals surface area contributed by atoms with Crippen LogP contribution >= 0.6 is 0 Å². The molecule has 0 saturated carbocycles. The quantitative estimate of drug-likeness (QED) is 0.209. The van der Waals surface area contributed by atoms with E-state index < -0.39 is 73.8 Å². The fourth-order valence-corrected chi connectivity index (χ4v) is 3.14. The van der Waals surface area contributed by atoms with Crippen LogP contribution in [0.15, 0.2) is 0 Å². The monoisotopic (exact) mass is 631 g/mol. The highest BCUT2D eigenvalue weighted by Crippen LogP contribution is 2.64. The van der Waals surface area contributed by atoms with Gasteiger partial charge in [-0.15, -0.1) is 0 Å². The lowest BCUT2D eigenvalue weighted by Gasteiger charge is -2.43. The summed E-state index contributed by atoms with van der Waals surface area (Å²) in [5.74, 6) is -54.7. The van der Waals surface area contributed by atoms with Crippen molar-refractivity contribution in [2.75, 3.05) is 0 Å². The normalized spacial score (nSPS) is 17.0. The van der Waals surface area contributed by atoms with Gasteiger partial charge in [-0.25, -0.2) is 8.42 Å². The molecule has 5 nitrogen and oxygen atoms in total. The van der Waals surface area contributed by atoms with Crippen LogP contribution in [-0.2, 0) is 10.0 Å². The van der Waals surface area contributed by atoms with Crippen molar-refractivity contribution in [2.24, 2.45) is 0 Å². The number of halogens is 21. The van der Waals surface area contributed by atoms with Gasteiger partial charge in [-0.1, -0.05) is 0 Å². The van der Waals surface area contributed by atoms with E-state index in [-0.39, 0.29) is 0 Å². The minimum Gasteiger partial charge on any atom is -0.322 e. The SMILES string of the molecule is O=S(=O)(N(C(O)(F)F)C(O)(F)F)C(F)(F)C(F)(F)C(F)(F)C(F)(F)C(F)(F)C(F)(F)C(F)(F)C(F)(F)F. The van der Waals surface area contributed by atoms with E-state index in [2.05, 4.69) is 0 Å². The Morgan fingerprint density at radius 3 is 0.838 bits per heavy atom. The average molecular weight is 631 g/mol. The lowest BCUT2D eigenvalue weighted by molar-refractivity contribution is -0.458. The second-order valence-electron chi connectivity index (χ2n) is 6.25. The van der Waals surface area contributed by atoms with Gasteiger partial charge in [-0.3, -0.25) is 0 Å². The van der Waals surface area contributed by atoms with Crippen LogP contribution in [0, 0.1) is 0 Å². The van der Waals surface area contributed by atoms with Crippen molar-refractivity contribution < 1.29 is 111 Å². The molecule has 0 saturated heterocycles. The van der Waals surface area contributed by atoms with Crippen LogP contribution in [-0.4, -0.2) is 82.4 Å². The first-order chi connectivity index (χ1) is 15.4. The van der Waals surface area contributed by atoms with Gasteiger partial charge in [0.15, 0.2) is 0 Å². The zero-order valence-electron chi connectivity index (χ0n) is 15.5. The highest BCUT2D eigenvalue weighted by Gasteiger charge is 2.96. The minimum atomic E-state index is -9.37. The van der Waals surface area contributed by atoms with Gasteiger partial charge in [0.25, 0.3) is 0 Å². The molecule has 0 spiro atoms. The summed E-state index contributed by atoms with van der Waals surface area (Å²) in [6, 6.07) is 0. The van der Waals surface area contributed by atoms with Gasteiger partial charge in [-0.05, 0) is 4.31 Å². The van der Waals surface area contributed by atoms with E-state index in [0.29, 0.717) is 0 Å². The molecule has 27 heteroatoms. The molecular formula is C10H2F21NO4S. The molecule has 0 heterocycles. The second-order valence-corrected chi connectivity index (χ2v) is 8.08. The third kappa shape index (κ3) is 4.61. The van der Waals surface area contributed by atoms with Crippen molar-refractivity contribution in [1.82, 2.24) is 4.31 Å². The summed E-state index contributed by atoms with van der Waals surface area (Å²) in [4.78, 5) is 0. The number of rotatable bonds is 10. The molecule has 37 heavy (non-hydrogen) atoms. The first-order valence-electron chi connectivity index (χ1n) is 7.33. The number of nitrogens with zero attached hydrogens (tertiary/aromatic N) is 1. The van der Waals surface area contributed by atoms with E-state index in [4.69, 9.17) is 10.2 Å². The molecule has 0 rings (SSSR count). The maximum Gasteiger partial charge on any atom is 0.460 e. The molecule has 0 aliphatic rings. The molecule has 2 N–H and O–H groups in total. The molecule has 0 aliphatic carbocycles. The maximum atomic E-state index is 13.6. The number of sulfonamides is 1. The number of hydrogen-bond donors (Lipinski definition) is 2. The standard InChI is InChI=1S/C10H2F21NO4S/c11-1(12,3(15,16)5(19,20)7(23,24)25)2(13,14)4(17,18)6(21,22)8(26,27)37(35,36)32(9(28,29)33)10(30,31)34/h33-34H. The highest BCUT2D eigenvalue weighted by molar-refractivity contribution is 7.90. The molecule has 0 fully saturated rings. The van der Waals surface area contributed by atoms with Crippen LogP contribution in [0.4, 0.5) is 92.2 Å². The fourth-order valence-electron chi connectivity index (χ4n) is 1.88. The van der Waals surface area contributed by atoms with Crippen molar-refractivity contribution in [1.29, 1.82) is 0 Å². The minimum absolute atomic E-state index is 4.21. The van der Waals surface area contributed by atoms with Gasteiger partial charge in [0, 0.05) is 0 Å². The van der Waals surface area contributed by atoms with Crippen LogP contribution in [0.1, 0.15) is 0 Å². The van der Waals surface area contributed by atoms with E-state index in [1.165, 1.54) is 0 Å². The van der Waals surface area contributed by atoms with Crippen molar-refractivity contribution in [3.05, 3.63) is 0 Å². The van der Waals surface area contributed by atoms with Crippen molar-refractivity contribution in [3.8, 4) is 0 Å². The van der Waals surface area contributed by atoms with Crippen molar-refractivity contribution >= 4 is 10.0 Å². The summed E-state index contributed by atoms with van der Waals surface area (Å²) < 4.78 is 289. The first kappa shape index (κ1) is 35.4. The zero-order chi connectivity index (χ0) is 31.1. The molecule has 0 aliphatic heterocycles.